The lowest BCUT2D eigenvalue weighted by molar-refractivity contribution is -0.154. The molecule has 2 nitrogen and oxygen atoms in total. The van der Waals surface area contributed by atoms with Crippen LogP contribution in [0.3, 0.4) is 0 Å². The summed E-state index contributed by atoms with van der Waals surface area (Å²) in [5.41, 5.74) is 2.26. The third-order valence-electron chi connectivity index (χ3n) is 4.77. The number of carbonyl (C=O) groups is 1. The van der Waals surface area contributed by atoms with Gasteiger partial charge in [-0.3, -0.25) is 4.79 Å². The molecular formula is C24H23BrO2. The second-order valence-electron chi connectivity index (χ2n) is 6.59. The first-order valence-corrected chi connectivity index (χ1v) is 9.99. The summed E-state index contributed by atoms with van der Waals surface area (Å²) in [5.74, 6) is 0.268. The standard InChI is InChI=1S/C18H17BrO2.C6H6/c19-15-8-6-13(7-9-15)12-21-18(20)17-11-10-16(17)14-4-2-1-3-5-14;1-2-4-6-5-3-1/h1-9,16-17H,10-12H2;1-6H/t16-,17?;/m1./s1. The number of halogens is 1. The summed E-state index contributed by atoms with van der Waals surface area (Å²) in [4.78, 5) is 12.2. The highest BCUT2D eigenvalue weighted by Crippen LogP contribution is 2.43. The molecule has 0 aromatic heterocycles. The van der Waals surface area contributed by atoms with Gasteiger partial charge >= 0.3 is 5.97 Å². The van der Waals surface area contributed by atoms with Crippen molar-refractivity contribution in [2.75, 3.05) is 0 Å². The van der Waals surface area contributed by atoms with Crippen molar-refractivity contribution in [2.45, 2.75) is 25.4 Å². The highest BCUT2D eigenvalue weighted by atomic mass is 79.9. The van der Waals surface area contributed by atoms with E-state index in [-0.39, 0.29) is 11.9 Å². The van der Waals surface area contributed by atoms with E-state index in [0.717, 1.165) is 22.9 Å². The number of ether oxygens (including phenoxy) is 1. The van der Waals surface area contributed by atoms with E-state index >= 15 is 0 Å². The summed E-state index contributed by atoms with van der Waals surface area (Å²) in [5, 5.41) is 0. The lowest BCUT2D eigenvalue weighted by Gasteiger charge is -2.35. The van der Waals surface area contributed by atoms with E-state index in [9.17, 15) is 4.79 Å². The molecule has 4 rings (SSSR count). The fourth-order valence-corrected chi connectivity index (χ4v) is 3.37. The lowest BCUT2D eigenvalue weighted by Crippen LogP contribution is -2.32. The highest BCUT2D eigenvalue weighted by molar-refractivity contribution is 9.10. The van der Waals surface area contributed by atoms with Crippen molar-refractivity contribution in [3.63, 3.8) is 0 Å². The minimum atomic E-state index is -0.0713. The summed E-state index contributed by atoms with van der Waals surface area (Å²) >= 11 is 3.40. The lowest BCUT2D eigenvalue weighted by atomic mass is 9.70. The second kappa shape index (κ2) is 10.1. The van der Waals surface area contributed by atoms with Gasteiger partial charge in [0, 0.05) is 4.47 Å². The van der Waals surface area contributed by atoms with Crippen molar-refractivity contribution >= 4 is 21.9 Å². The summed E-state index contributed by atoms with van der Waals surface area (Å²) in [6, 6.07) is 30.1. The number of hydrogen-bond acceptors (Lipinski definition) is 2. The normalized spacial score (nSPS) is 17.8. The third kappa shape index (κ3) is 5.80. The first kappa shape index (κ1) is 19.4. The van der Waals surface area contributed by atoms with Gasteiger partial charge in [-0.1, -0.05) is 94.8 Å². The quantitative estimate of drug-likeness (QED) is 0.456. The van der Waals surface area contributed by atoms with Crippen LogP contribution in [-0.4, -0.2) is 5.97 Å². The molecule has 0 radical (unpaired) electrons. The molecule has 0 N–H and O–H groups in total. The maximum atomic E-state index is 12.2. The molecule has 3 aromatic rings. The van der Waals surface area contributed by atoms with E-state index in [1.165, 1.54) is 5.56 Å². The van der Waals surface area contributed by atoms with Crippen molar-refractivity contribution in [3.8, 4) is 0 Å². The predicted molar refractivity (Wildman–Crippen MR) is 112 cm³/mol. The van der Waals surface area contributed by atoms with E-state index in [0.29, 0.717) is 12.5 Å². The second-order valence-corrected chi connectivity index (χ2v) is 7.51. The molecular weight excluding hydrogens is 400 g/mol. The Labute approximate surface area is 169 Å². The topological polar surface area (TPSA) is 26.3 Å². The smallest absolute Gasteiger partial charge is 0.309 e. The van der Waals surface area contributed by atoms with Gasteiger partial charge < -0.3 is 4.74 Å². The molecule has 138 valence electrons. The molecule has 0 bridgehead atoms. The first-order valence-electron chi connectivity index (χ1n) is 9.20. The third-order valence-corrected chi connectivity index (χ3v) is 5.29. The molecule has 2 atom stereocenters. The van der Waals surface area contributed by atoms with Gasteiger partial charge in [-0.25, -0.2) is 0 Å². The Morgan fingerprint density at radius 3 is 1.89 bits per heavy atom. The van der Waals surface area contributed by atoms with Gasteiger partial charge in [0.2, 0.25) is 0 Å². The van der Waals surface area contributed by atoms with Gasteiger partial charge in [0.25, 0.3) is 0 Å². The van der Waals surface area contributed by atoms with Crippen LogP contribution in [0, 0.1) is 5.92 Å². The average molecular weight is 423 g/mol. The predicted octanol–water partition coefficient (Wildman–Crippen LogP) is 6.37. The molecule has 3 aromatic carbocycles. The molecule has 1 aliphatic rings. The Kier molecular flexibility index (Phi) is 7.23. The maximum Gasteiger partial charge on any atom is 0.309 e. The van der Waals surface area contributed by atoms with Gasteiger partial charge in [-0.05, 0) is 42.0 Å². The van der Waals surface area contributed by atoms with Crippen molar-refractivity contribution in [1.82, 2.24) is 0 Å². The summed E-state index contributed by atoms with van der Waals surface area (Å²) in [6.07, 6.45) is 2.00. The number of esters is 1. The zero-order valence-electron chi connectivity index (χ0n) is 15.1. The minimum Gasteiger partial charge on any atom is -0.461 e. The fraction of sp³-hybridized carbons (Fsp3) is 0.208. The Hall–Kier alpha value is -2.39. The van der Waals surface area contributed by atoms with Crippen molar-refractivity contribution in [3.05, 3.63) is 107 Å². The highest BCUT2D eigenvalue weighted by Gasteiger charge is 2.38. The number of carbonyl (C=O) groups excluding carboxylic acids is 1. The Balaban J connectivity index is 0.000000299. The van der Waals surface area contributed by atoms with Gasteiger partial charge in [-0.2, -0.15) is 0 Å². The fourth-order valence-electron chi connectivity index (χ4n) is 3.11. The molecule has 0 aliphatic heterocycles. The van der Waals surface area contributed by atoms with E-state index in [1.54, 1.807) is 0 Å². The molecule has 1 aliphatic carbocycles. The van der Waals surface area contributed by atoms with E-state index in [1.807, 2.05) is 78.9 Å². The van der Waals surface area contributed by atoms with E-state index in [2.05, 4.69) is 28.1 Å². The molecule has 3 heteroatoms. The minimum absolute atomic E-state index is 0.0165. The zero-order valence-corrected chi connectivity index (χ0v) is 16.7. The van der Waals surface area contributed by atoms with Crippen molar-refractivity contribution in [2.24, 2.45) is 5.92 Å². The van der Waals surface area contributed by atoms with Gasteiger partial charge in [0.15, 0.2) is 0 Å². The van der Waals surface area contributed by atoms with Crippen LogP contribution in [0.25, 0.3) is 0 Å². The maximum absolute atomic E-state index is 12.2. The summed E-state index contributed by atoms with van der Waals surface area (Å²) in [6.45, 7) is 0.351. The van der Waals surface area contributed by atoms with Crippen LogP contribution in [-0.2, 0) is 16.1 Å². The molecule has 0 amide bonds. The number of hydrogen-bond donors (Lipinski definition) is 0. The van der Waals surface area contributed by atoms with Crippen molar-refractivity contribution < 1.29 is 9.53 Å². The van der Waals surface area contributed by atoms with Gasteiger partial charge in [0.05, 0.1) is 5.92 Å². The molecule has 0 spiro atoms. The molecule has 0 saturated heterocycles. The van der Waals surface area contributed by atoms with Crippen LogP contribution in [0.1, 0.15) is 29.9 Å². The van der Waals surface area contributed by atoms with E-state index < -0.39 is 0 Å². The average Bonchev–Trinajstić information content (AvgIpc) is 2.69. The Bertz CT molecular complexity index is 789. The molecule has 1 saturated carbocycles. The van der Waals surface area contributed by atoms with Crippen molar-refractivity contribution in [1.29, 1.82) is 0 Å². The van der Waals surface area contributed by atoms with Crippen LogP contribution in [0.15, 0.2) is 95.5 Å². The SMILES string of the molecule is O=C(OCc1ccc(Br)cc1)C1CC[C@@H]1c1ccccc1.c1ccccc1. The summed E-state index contributed by atoms with van der Waals surface area (Å²) < 4.78 is 6.50. The molecule has 0 heterocycles. The van der Waals surface area contributed by atoms with Crippen LogP contribution in [0.5, 0.6) is 0 Å². The number of rotatable bonds is 4. The number of benzene rings is 3. The molecule has 1 fully saturated rings. The van der Waals surface area contributed by atoms with Gasteiger partial charge in [-0.15, -0.1) is 0 Å². The molecule has 1 unspecified atom stereocenters. The van der Waals surface area contributed by atoms with Crippen LogP contribution < -0.4 is 0 Å². The zero-order chi connectivity index (χ0) is 18.9. The Morgan fingerprint density at radius 1 is 0.815 bits per heavy atom. The summed E-state index contributed by atoms with van der Waals surface area (Å²) in [7, 11) is 0. The van der Waals surface area contributed by atoms with Gasteiger partial charge in [0.1, 0.15) is 6.61 Å². The first-order chi connectivity index (χ1) is 13.2. The molecule has 27 heavy (non-hydrogen) atoms. The van der Waals surface area contributed by atoms with Crippen LogP contribution >= 0.6 is 15.9 Å². The Morgan fingerprint density at radius 2 is 1.37 bits per heavy atom. The van der Waals surface area contributed by atoms with Crippen LogP contribution in [0.4, 0.5) is 0 Å². The van der Waals surface area contributed by atoms with E-state index in [4.69, 9.17) is 4.74 Å². The monoisotopic (exact) mass is 422 g/mol. The largest absolute Gasteiger partial charge is 0.461 e. The van der Waals surface area contributed by atoms with Crippen LogP contribution in [0.2, 0.25) is 0 Å².